The molecule has 25 heavy (non-hydrogen) atoms. The Balaban J connectivity index is 1.99. The standard InChI is InChI=1S/C17H14ClFN2O3S/c18-14-5-6-17(16(19)9-14)25(22,23)21(12-15-4-2-8-24-15)11-13-3-1-7-20-10-13/h1-10H,11-12H2. The molecule has 130 valence electrons. The lowest BCUT2D eigenvalue weighted by Crippen LogP contribution is -2.30. The molecule has 5 nitrogen and oxygen atoms in total. The molecule has 0 amide bonds. The van der Waals surface area contributed by atoms with E-state index in [1.165, 1.54) is 12.3 Å². The third-order valence-corrected chi connectivity index (χ3v) is 5.57. The zero-order valence-electron chi connectivity index (χ0n) is 13.0. The average Bonchev–Trinajstić information content (AvgIpc) is 3.08. The van der Waals surface area contributed by atoms with Gasteiger partial charge in [-0.1, -0.05) is 17.7 Å². The Kier molecular flexibility index (Phi) is 5.17. The van der Waals surface area contributed by atoms with Gasteiger partial charge in [-0.05, 0) is 42.0 Å². The molecule has 2 heterocycles. The van der Waals surface area contributed by atoms with Crippen LogP contribution in [0.5, 0.6) is 0 Å². The van der Waals surface area contributed by atoms with E-state index in [9.17, 15) is 12.8 Å². The maximum atomic E-state index is 14.2. The van der Waals surface area contributed by atoms with Crippen molar-refractivity contribution in [2.24, 2.45) is 0 Å². The largest absolute Gasteiger partial charge is 0.468 e. The van der Waals surface area contributed by atoms with E-state index < -0.39 is 20.7 Å². The monoisotopic (exact) mass is 380 g/mol. The van der Waals surface area contributed by atoms with Gasteiger partial charge < -0.3 is 4.42 Å². The number of pyridine rings is 1. The first-order chi connectivity index (χ1) is 12.0. The summed E-state index contributed by atoms with van der Waals surface area (Å²) in [5, 5.41) is 0.126. The summed E-state index contributed by atoms with van der Waals surface area (Å²) in [6.45, 7) is -0.00870. The molecule has 0 aliphatic carbocycles. The Bertz CT molecular complexity index is 947. The molecule has 8 heteroatoms. The zero-order chi connectivity index (χ0) is 17.9. The minimum absolute atomic E-state index is 0.0267. The van der Waals surface area contributed by atoms with Crippen molar-refractivity contribution in [1.82, 2.24) is 9.29 Å². The topological polar surface area (TPSA) is 63.4 Å². The van der Waals surface area contributed by atoms with Crippen LogP contribution in [0.3, 0.4) is 0 Å². The summed E-state index contributed by atoms with van der Waals surface area (Å²) >= 11 is 5.72. The van der Waals surface area contributed by atoms with Gasteiger partial charge >= 0.3 is 0 Å². The van der Waals surface area contributed by atoms with Gasteiger partial charge in [-0.25, -0.2) is 12.8 Å². The van der Waals surface area contributed by atoms with E-state index in [0.717, 1.165) is 16.4 Å². The molecule has 0 aliphatic rings. The molecule has 0 atom stereocenters. The minimum atomic E-state index is -4.11. The molecule has 1 aromatic carbocycles. The number of sulfonamides is 1. The zero-order valence-corrected chi connectivity index (χ0v) is 14.5. The summed E-state index contributed by atoms with van der Waals surface area (Å²) in [5.41, 5.74) is 0.673. The fraction of sp³-hybridized carbons (Fsp3) is 0.118. The van der Waals surface area contributed by atoms with E-state index >= 15 is 0 Å². The number of furan rings is 1. The van der Waals surface area contributed by atoms with Crippen LogP contribution >= 0.6 is 11.6 Å². The Morgan fingerprint density at radius 1 is 1.16 bits per heavy atom. The summed E-state index contributed by atoms with van der Waals surface area (Å²) in [6.07, 6.45) is 4.60. The van der Waals surface area contributed by atoms with E-state index in [1.807, 2.05) is 0 Å². The van der Waals surface area contributed by atoms with Crippen LogP contribution in [-0.4, -0.2) is 17.7 Å². The van der Waals surface area contributed by atoms with Gasteiger partial charge in [-0.3, -0.25) is 4.98 Å². The van der Waals surface area contributed by atoms with Crippen molar-refractivity contribution in [3.8, 4) is 0 Å². The summed E-state index contributed by atoms with van der Waals surface area (Å²) in [6, 6.07) is 10.2. The first kappa shape index (κ1) is 17.6. The van der Waals surface area contributed by atoms with E-state index in [0.29, 0.717) is 11.3 Å². The van der Waals surface area contributed by atoms with Crippen LogP contribution in [0, 0.1) is 5.82 Å². The summed E-state index contributed by atoms with van der Waals surface area (Å²) < 4.78 is 46.5. The third-order valence-electron chi connectivity index (χ3n) is 3.51. The Labute approximate surface area is 149 Å². The fourth-order valence-corrected chi connectivity index (χ4v) is 3.92. The molecule has 2 aromatic heterocycles. The van der Waals surface area contributed by atoms with Crippen LogP contribution in [0.2, 0.25) is 5.02 Å². The second kappa shape index (κ2) is 7.35. The number of hydrogen-bond acceptors (Lipinski definition) is 4. The van der Waals surface area contributed by atoms with Gasteiger partial charge in [0.2, 0.25) is 10.0 Å². The Morgan fingerprint density at radius 2 is 2.00 bits per heavy atom. The van der Waals surface area contributed by atoms with Crippen LogP contribution in [0.1, 0.15) is 11.3 Å². The van der Waals surface area contributed by atoms with Crippen LogP contribution in [-0.2, 0) is 23.1 Å². The molecule has 0 saturated carbocycles. The molecule has 0 aliphatic heterocycles. The molecule has 0 saturated heterocycles. The summed E-state index contributed by atoms with van der Waals surface area (Å²) in [4.78, 5) is 3.54. The number of rotatable bonds is 6. The van der Waals surface area contributed by atoms with Crippen LogP contribution in [0.15, 0.2) is 70.4 Å². The van der Waals surface area contributed by atoms with Crippen molar-refractivity contribution in [1.29, 1.82) is 0 Å². The number of nitrogens with zero attached hydrogens (tertiary/aromatic N) is 2. The Hall–Kier alpha value is -2.22. The molecule has 0 bridgehead atoms. The number of benzene rings is 1. The molecular weight excluding hydrogens is 367 g/mol. The second-order valence-electron chi connectivity index (χ2n) is 5.29. The molecule has 3 rings (SSSR count). The molecule has 0 N–H and O–H groups in total. The lowest BCUT2D eigenvalue weighted by Gasteiger charge is -2.21. The van der Waals surface area contributed by atoms with Gasteiger partial charge in [-0.2, -0.15) is 4.31 Å². The highest BCUT2D eigenvalue weighted by molar-refractivity contribution is 7.89. The predicted molar refractivity (Wildman–Crippen MR) is 90.8 cm³/mol. The smallest absolute Gasteiger partial charge is 0.246 e. The van der Waals surface area contributed by atoms with E-state index in [-0.39, 0.29) is 18.1 Å². The van der Waals surface area contributed by atoms with Gasteiger partial charge in [0.05, 0.1) is 12.8 Å². The summed E-state index contributed by atoms with van der Waals surface area (Å²) in [7, 11) is -4.11. The second-order valence-corrected chi connectivity index (χ2v) is 7.63. The highest BCUT2D eigenvalue weighted by Crippen LogP contribution is 2.25. The van der Waals surface area contributed by atoms with Crippen molar-refractivity contribution >= 4 is 21.6 Å². The van der Waals surface area contributed by atoms with Crippen molar-refractivity contribution in [3.63, 3.8) is 0 Å². The maximum Gasteiger partial charge on any atom is 0.246 e. The predicted octanol–water partition coefficient (Wildman–Crippen LogP) is 3.86. The van der Waals surface area contributed by atoms with Gasteiger partial charge in [0, 0.05) is 24.0 Å². The van der Waals surface area contributed by atoms with Gasteiger partial charge in [-0.15, -0.1) is 0 Å². The highest BCUT2D eigenvalue weighted by Gasteiger charge is 2.28. The maximum absolute atomic E-state index is 14.2. The highest BCUT2D eigenvalue weighted by atomic mass is 35.5. The van der Waals surface area contributed by atoms with E-state index in [1.54, 1.807) is 36.7 Å². The quantitative estimate of drug-likeness (QED) is 0.651. The van der Waals surface area contributed by atoms with E-state index in [2.05, 4.69) is 4.98 Å². The summed E-state index contributed by atoms with van der Waals surface area (Å²) in [5.74, 6) is -0.454. The van der Waals surface area contributed by atoms with Crippen molar-refractivity contribution in [2.75, 3.05) is 0 Å². The van der Waals surface area contributed by atoms with Crippen LogP contribution in [0.4, 0.5) is 4.39 Å². The number of aromatic nitrogens is 1. The van der Waals surface area contributed by atoms with Crippen molar-refractivity contribution in [3.05, 3.63) is 83.3 Å². The van der Waals surface area contributed by atoms with Gasteiger partial charge in [0.15, 0.2) is 0 Å². The molecule has 0 spiro atoms. The molecular formula is C17H14ClFN2O3S. The fourth-order valence-electron chi connectivity index (χ4n) is 2.32. The van der Waals surface area contributed by atoms with Crippen molar-refractivity contribution in [2.45, 2.75) is 18.0 Å². The van der Waals surface area contributed by atoms with Gasteiger partial charge in [0.25, 0.3) is 0 Å². The number of halogens is 2. The average molecular weight is 381 g/mol. The SMILES string of the molecule is O=S(=O)(c1ccc(Cl)cc1F)N(Cc1cccnc1)Cc1ccco1. The first-order valence-electron chi connectivity index (χ1n) is 7.33. The molecule has 0 radical (unpaired) electrons. The van der Waals surface area contributed by atoms with Crippen LogP contribution < -0.4 is 0 Å². The third kappa shape index (κ3) is 4.07. The Morgan fingerprint density at radius 3 is 2.64 bits per heavy atom. The normalized spacial score (nSPS) is 11.8. The lowest BCUT2D eigenvalue weighted by atomic mass is 10.3. The number of hydrogen-bond donors (Lipinski definition) is 0. The minimum Gasteiger partial charge on any atom is -0.468 e. The van der Waals surface area contributed by atoms with Crippen LogP contribution in [0.25, 0.3) is 0 Å². The van der Waals surface area contributed by atoms with Crippen molar-refractivity contribution < 1.29 is 17.2 Å². The molecule has 0 unspecified atom stereocenters. The molecule has 0 fully saturated rings. The van der Waals surface area contributed by atoms with Gasteiger partial charge in [0.1, 0.15) is 16.5 Å². The lowest BCUT2D eigenvalue weighted by molar-refractivity contribution is 0.356. The van der Waals surface area contributed by atoms with E-state index in [4.69, 9.17) is 16.0 Å². The first-order valence-corrected chi connectivity index (χ1v) is 9.15. The molecule has 3 aromatic rings.